The zero-order chi connectivity index (χ0) is 12.4. The molecule has 6 nitrogen and oxygen atoms in total. The lowest BCUT2D eigenvalue weighted by molar-refractivity contribution is -0.126. The number of halogens is 1. The molecule has 1 aromatic heterocycles. The summed E-state index contributed by atoms with van der Waals surface area (Å²) in [6.45, 7) is 0.339. The molecule has 0 spiro atoms. The average Bonchev–Trinajstić information content (AvgIpc) is 2.55. The van der Waals surface area contributed by atoms with Crippen LogP contribution in [0.3, 0.4) is 0 Å². The number of rotatable bonds is 3. The molecular weight excluding hydrogens is 288 g/mol. The summed E-state index contributed by atoms with van der Waals surface area (Å²) >= 11 is 3.25. The third kappa shape index (κ3) is 2.14. The van der Waals surface area contributed by atoms with E-state index in [9.17, 15) is 9.59 Å². The number of nitrogens with zero attached hydrogens (tertiary/aromatic N) is 4. The summed E-state index contributed by atoms with van der Waals surface area (Å²) in [6.07, 6.45) is 4.69. The van der Waals surface area contributed by atoms with Crippen molar-refractivity contribution in [2.75, 3.05) is 12.4 Å². The van der Waals surface area contributed by atoms with E-state index in [4.69, 9.17) is 0 Å². The highest BCUT2D eigenvalue weighted by molar-refractivity contribution is 9.09. The number of carbonyl (C=O) groups is 2. The van der Waals surface area contributed by atoms with Crippen LogP contribution in [0.15, 0.2) is 18.7 Å². The van der Waals surface area contributed by atoms with E-state index in [1.54, 1.807) is 12.4 Å². The summed E-state index contributed by atoms with van der Waals surface area (Å²) in [5.74, 6) is -0.191. The number of imide groups is 1. The lowest BCUT2D eigenvalue weighted by Crippen LogP contribution is -2.35. The van der Waals surface area contributed by atoms with Crippen LogP contribution >= 0.6 is 15.9 Å². The van der Waals surface area contributed by atoms with E-state index in [0.29, 0.717) is 11.9 Å². The molecule has 1 unspecified atom stereocenters. The maximum Gasteiger partial charge on any atom is 0.327 e. The fraction of sp³-hybridized carbons (Fsp3) is 0.400. The molecule has 1 aliphatic rings. The molecule has 0 saturated carbocycles. The predicted molar refractivity (Wildman–Crippen MR) is 63.3 cm³/mol. The Kier molecular flexibility index (Phi) is 3.37. The molecule has 0 aromatic carbocycles. The number of alkyl halides is 1. The van der Waals surface area contributed by atoms with Crippen LogP contribution in [-0.2, 0) is 11.3 Å². The van der Waals surface area contributed by atoms with E-state index in [1.165, 1.54) is 18.3 Å². The predicted octanol–water partition coefficient (Wildman–Crippen LogP) is 0.634. The molecule has 0 aliphatic carbocycles. The molecule has 0 radical (unpaired) electrons. The minimum absolute atomic E-state index is 0.191. The maximum atomic E-state index is 11.9. The van der Waals surface area contributed by atoms with Crippen molar-refractivity contribution in [1.29, 1.82) is 0 Å². The summed E-state index contributed by atoms with van der Waals surface area (Å²) in [4.78, 5) is 34.0. The molecule has 1 aromatic rings. The van der Waals surface area contributed by atoms with Crippen LogP contribution in [0.25, 0.3) is 0 Å². The van der Waals surface area contributed by atoms with Crippen LogP contribution < -0.4 is 0 Å². The van der Waals surface area contributed by atoms with Gasteiger partial charge in [-0.3, -0.25) is 9.69 Å². The van der Waals surface area contributed by atoms with Crippen LogP contribution in [0, 0.1) is 0 Å². The molecule has 1 saturated heterocycles. The van der Waals surface area contributed by atoms with E-state index < -0.39 is 6.04 Å². The Bertz CT molecular complexity index is 439. The Morgan fingerprint density at radius 2 is 2.00 bits per heavy atom. The highest BCUT2D eigenvalue weighted by Crippen LogP contribution is 2.20. The van der Waals surface area contributed by atoms with Crippen molar-refractivity contribution < 1.29 is 9.59 Å². The highest BCUT2D eigenvalue weighted by atomic mass is 79.9. The standard InChI is InChI=1S/C10H11BrN4O2/c1-14-9(16)8(2-11)15(10(14)17)5-7-3-12-6-13-4-7/h3-4,6,8H,2,5H2,1H3. The first-order valence-electron chi connectivity index (χ1n) is 5.03. The van der Waals surface area contributed by atoms with Gasteiger partial charge in [-0.1, -0.05) is 15.9 Å². The van der Waals surface area contributed by atoms with E-state index in [1.807, 2.05) is 0 Å². The number of likely N-dealkylation sites (N-methyl/N-ethyl adjacent to an activating group) is 1. The molecular formula is C10H11BrN4O2. The Morgan fingerprint density at radius 3 is 2.59 bits per heavy atom. The normalized spacial score (nSPS) is 20.2. The SMILES string of the molecule is CN1C(=O)C(CBr)N(Cc2cncnc2)C1=O. The van der Waals surface area contributed by atoms with Gasteiger partial charge in [0.1, 0.15) is 12.4 Å². The summed E-state index contributed by atoms with van der Waals surface area (Å²) in [5, 5.41) is 0.426. The molecule has 17 heavy (non-hydrogen) atoms. The lowest BCUT2D eigenvalue weighted by atomic mass is 10.2. The fourth-order valence-electron chi connectivity index (χ4n) is 1.71. The van der Waals surface area contributed by atoms with E-state index in [-0.39, 0.29) is 11.9 Å². The van der Waals surface area contributed by atoms with Gasteiger partial charge in [-0.2, -0.15) is 0 Å². The minimum atomic E-state index is -0.451. The monoisotopic (exact) mass is 298 g/mol. The second-order valence-corrected chi connectivity index (χ2v) is 4.37. The van der Waals surface area contributed by atoms with E-state index in [0.717, 1.165) is 10.5 Å². The van der Waals surface area contributed by atoms with Crippen LogP contribution in [-0.4, -0.2) is 50.1 Å². The summed E-state index contributed by atoms with van der Waals surface area (Å²) < 4.78 is 0. The van der Waals surface area contributed by atoms with Gasteiger partial charge in [0.25, 0.3) is 5.91 Å². The first-order chi connectivity index (χ1) is 8.15. The van der Waals surface area contributed by atoms with Crippen molar-refractivity contribution in [2.45, 2.75) is 12.6 Å². The maximum absolute atomic E-state index is 11.9. The van der Waals surface area contributed by atoms with Gasteiger partial charge in [0.2, 0.25) is 0 Å². The molecule has 0 N–H and O–H groups in total. The molecule has 7 heteroatoms. The molecule has 0 bridgehead atoms. The van der Waals surface area contributed by atoms with Crippen LogP contribution in [0.5, 0.6) is 0 Å². The smallest absolute Gasteiger partial charge is 0.307 e. The largest absolute Gasteiger partial charge is 0.327 e. The number of amides is 3. The van der Waals surface area contributed by atoms with Crippen molar-refractivity contribution in [2.24, 2.45) is 0 Å². The van der Waals surface area contributed by atoms with Crippen molar-refractivity contribution in [3.05, 3.63) is 24.3 Å². The molecule has 1 aliphatic heterocycles. The molecule has 90 valence electrons. The van der Waals surface area contributed by atoms with Crippen molar-refractivity contribution >= 4 is 27.9 Å². The molecule has 2 heterocycles. The first-order valence-corrected chi connectivity index (χ1v) is 6.15. The van der Waals surface area contributed by atoms with Crippen molar-refractivity contribution in [3.8, 4) is 0 Å². The fourth-order valence-corrected chi connectivity index (χ4v) is 2.34. The Hall–Kier alpha value is -1.50. The third-order valence-corrected chi connectivity index (χ3v) is 3.25. The molecule has 3 amide bonds. The Labute approximate surface area is 107 Å². The van der Waals surface area contributed by atoms with Gasteiger partial charge >= 0.3 is 6.03 Å². The van der Waals surface area contributed by atoms with Crippen molar-refractivity contribution in [1.82, 2.24) is 19.8 Å². The van der Waals surface area contributed by atoms with Gasteiger partial charge in [0.15, 0.2) is 0 Å². The van der Waals surface area contributed by atoms with Crippen LogP contribution in [0.1, 0.15) is 5.56 Å². The Balaban J connectivity index is 2.20. The quantitative estimate of drug-likeness (QED) is 0.606. The van der Waals surface area contributed by atoms with Crippen LogP contribution in [0.2, 0.25) is 0 Å². The first kappa shape index (κ1) is 12.0. The van der Waals surface area contributed by atoms with Gasteiger partial charge < -0.3 is 4.90 Å². The highest BCUT2D eigenvalue weighted by Gasteiger charge is 2.42. The van der Waals surface area contributed by atoms with Gasteiger partial charge in [-0.25, -0.2) is 14.8 Å². The van der Waals surface area contributed by atoms with Crippen molar-refractivity contribution in [3.63, 3.8) is 0 Å². The van der Waals surface area contributed by atoms with Gasteiger partial charge in [0.05, 0.1) is 6.54 Å². The Morgan fingerprint density at radius 1 is 1.35 bits per heavy atom. The summed E-state index contributed by atoms with van der Waals surface area (Å²) in [5.41, 5.74) is 0.801. The molecule has 1 fully saturated rings. The minimum Gasteiger partial charge on any atom is -0.307 e. The van der Waals surface area contributed by atoms with Gasteiger partial charge in [-0.15, -0.1) is 0 Å². The van der Waals surface area contributed by atoms with E-state index in [2.05, 4.69) is 25.9 Å². The molecule has 1 atom stereocenters. The number of urea groups is 1. The summed E-state index contributed by atoms with van der Waals surface area (Å²) in [6, 6.07) is -0.740. The second kappa shape index (κ2) is 4.79. The van der Waals surface area contributed by atoms with Crippen LogP contribution in [0.4, 0.5) is 4.79 Å². The zero-order valence-electron chi connectivity index (χ0n) is 9.21. The van der Waals surface area contributed by atoms with Gasteiger partial charge in [0, 0.05) is 30.3 Å². The average molecular weight is 299 g/mol. The number of carbonyl (C=O) groups excluding carboxylic acids is 2. The number of hydrogen-bond donors (Lipinski definition) is 0. The third-order valence-electron chi connectivity index (χ3n) is 2.64. The van der Waals surface area contributed by atoms with E-state index >= 15 is 0 Å². The second-order valence-electron chi connectivity index (χ2n) is 3.72. The zero-order valence-corrected chi connectivity index (χ0v) is 10.8. The number of hydrogen-bond acceptors (Lipinski definition) is 4. The summed E-state index contributed by atoms with van der Waals surface area (Å²) in [7, 11) is 1.49. The topological polar surface area (TPSA) is 66.4 Å². The molecule has 2 rings (SSSR count). The van der Waals surface area contributed by atoms with Gasteiger partial charge in [-0.05, 0) is 0 Å². The lowest BCUT2D eigenvalue weighted by Gasteiger charge is -2.19. The number of aromatic nitrogens is 2.